The molecule has 0 radical (unpaired) electrons. The molecule has 1 aliphatic rings. The molecule has 1 aromatic rings. The molecule has 1 fully saturated rings. The van der Waals surface area contributed by atoms with Gasteiger partial charge in [-0.2, -0.15) is 0 Å². The Balaban J connectivity index is 2.49. The molecule has 0 aliphatic carbocycles. The second-order valence-corrected chi connectivity index (χ2v) is 4.13. The Kier molecular flexibility index (Phi) is 3.54. The number of rotatable bonds is 2. The first-order valence-corrected chi connectivity index (χ1v) is 5.38. The molecule has 2 atom stereocenters. The first-order valence-electron chi connectivity index (χ1n) is 5.38. The molecule has 7 heteroatoms. The van der Waals surface area contributed by atoms with Crippen molar-refractivity contribution in [3.63, 3.8) is 0 Å². The molecular weight excluding hydrogens is 257 g/mol. The largest absolute Gasteiger partial charge is 0.387 e. The Labute approximate surface area is 99.4 Å². The van der Waals surface area contributed by atoms with Crippen LogP contribution >= 0.6 is 0 Å². The van der Waals surface area contributed by atoms with Crippen molar-refractivity contribution in [2.45, 2.75) is 25.0 Å². The fourth-order valence-electron chi connectivity index (χ4n) is 2.06. The van der Waals surface area contributed by atoms with Crippen LogP contribution in [-0.4, -0.2) is 17.7 Å². The standard InChI is InChI=1S/C11H10F5NO/c12-6-5(11(18)4-2-1-3-17-4)7(13)9(15)10(16)8(6)14/h4,11,17-18H,1-3H2/t4-,11-/m0/s1. The maximum absolute atomic E-state index is 13.4. The van der Waals surface area contributed by atoms with Gasteiger partial charge in [-0.25, -0.2) is 22.0 Å². The number of hydrogen-bond acceptors (Lipinski definition) is 2. The second-order valence-electron chi connectivity index (χ2n) is 4.13. The maximum Gasteiger partial charge on any atom is 0.200 e. The van der Waals surface area contributed by atoms with E-state index in [-0.39, 0.29) is 0 Å². The zero-order valence-electron chi connectivity index (χ0n) is 9.11. The molecule has 1 aromatic carbocycles. The van der Waals surface area contributed by atoms with E-state index >= 15 is 0 Å². The average Bonchev–Trinajstić information content (AvgIpc) is 2.88. The summed E-state index contributed by atoms with van der Waals surface area (Å²) < 4.78 is 65.5. The van der Waals surface area contributed by atoms with Gasteiger partial charge in [0.2, 0.25) is 5.82 Å². The van der Waals surface area contributed by atoms with Crippen LogP contribution in [0.15, 0.2) is 0 Å². The highest BCUT2D eigenvalue weighted by Gasteiger charge is 2.34. The number of benzene rings is 1. The van der Waals surface area contributed by atoms with Crippen molar-refractivity contribution in [1.82, 2.24) is 5.32 Å². The quantitative estimate of drug-likeness (QED) is 0.489. The van der Waals surface area contributed by atoms with E-state index in [0.29, 0.717) is 19.4 Å². The predicted octanol–water partition coefficient (Wildman–Crippen LogP) is 2.17. The van der Waals surface area contributed by atoms with Gasteiger partial charge in [0.15, 0.2) is 23.3 Å². The Hall–Kier alpha value is -1.21. The van der Waals surface area contributed by atoms with E-state index in [9.17, 15) is 27.1 Å². The third kappa shape index (κ3) is 1.97. The second kappa shape index (κ2) is 4.81. The lowest BCUT2D eigenvalue weighted by atomic mass is 9.99. The van der Waals surface area contributed by atoms with Gasteiger partial charge in [-0.15, -0.1) is 0 Å². The van der Waals surface area contributed by atoms with Gasteiger partial charge in [-0.1, -0.05) is 0 Å². The molecule has 0 amide bonds. The van der Waals surface area contributed by atoms with Crippen LogP contribution in [0.1, 0.15) is 24.5 Å². The van der Waals surface area contributed by atoms with E-state index in [4.69, 9.17) is 0 Å². The molecule has 0 spiro atoms. The van der Waals surface area contributed by atoms with Crippen LogP contribution < -0.4 is 5.32 Å². The Morgan fingerprint density at radius 3 is 1.89 bits per heavy atom. The van der Waals surface area contributed by atoms with Crippen molar-refractivity contribution in [1.29, 1.82) is 0 Å². The smallest absolute Gasteiger partial charge is 0.200 e. The maximum atomic E-state index is 13.4. The van der Waals surface area contributed by atoms with Gasteiger partial charge in [0.25, 0.3) is 0 Å². The van der Waals surface area contributed by atoms with E-state index in [1.807, 2.05) is 0 Å². The molecule has 1 aliphatic heterocycles. The topological polar surface area (TPSA) is 32.3 Å². The normalized spacial score (nSPS) is 21.3. The molecule has 0 aromatic heterocycles. The monoisotopic (exact) mass is 267 g/mol. The highest BCUT2D eigenvalue weighted by molar-refractivity contribution is 5.27. The first kappa shape index (κ1) is 13.2. The first-order chi connectivity index (χ1) is 8.45. The van der Waals surface area contributed by atoms with Gasteiger partial charge in [0, 0.05) is 6.04 Å². The third-order valence-electron chi connectivity index (χ3n) is 3.02. The van der Waals surface area contributed by atoms with E-state index in [2.05, 4.69) is 5.32 Å². The van der Waals surface area contributed by atoms with Crippen LogP contribution in [0, 0.1) is 29.1 Å². The number of aliphatic hydroxyl groups is 1. The van der Waals surface area contributed by atoms with Crippen LogP contribution in [0.5, 0.6) is 0 Å². The number of aliphatic hydroxyl groups excluding tert-OH is 1. The van der Waals surface area contributed by atoms with Gasteiger partial charge in [0.05, 0.1) is 5.56 Å². The Morgan fingerprint density at radius 2 is 1.44 bits per heavy atom. The van der Waals surface area contributed by atoms with Crippen LogP contribution in [0.2, 0.25) is 0 Å². The van der Waals surface area contributed by atoms with Crippen LogP contribution in [0.3, 0.4) is 0 Å². The fourth-order valence-corrected chi connectivity index (χ4v) is 2.06. The minimum absolute atomic E-state index is 0.403. The minimum atomic E-state index is -2.22. The lowest BCUT2D eigenvalue weighted by molar-refractivity contribution is 0.125. The third-order valence-corrected chi connectivity index (χ3v) is 3.02. The van der Waals surface area contributed by atoms with E-state index in [0.717, 1.165) is 0 Å². The lowest BCUT2D eigenvalue weighted by Gasteiger charge is -2.20. The molecule has 0 saturated carbocycles. The van der Waals surface area contributed by atoms with Crippen LogP contribution in [-0.2, 0) is 0 Å². The van der Waals surface area contributed by atoms with E-state index in [1.54, 1.807) is 0 Å². The molecule has 1 heterocycles. The van der Waals surface area contributed by atoms with E-state index < -0.39 is 46.8 Å². The summed E-state index contributed by atoms with van der Waals surface area (Å²) in [7, 11) is 0. The summed E-state index contributed by atoms with van der Waals surface area (Å²) in [4.78, 5) is 0. The minimum Gasteiger partial charge on any atom is -0.387 e. The van der Waals surface area contributed by atoms with Crippen molar-refractivity contribution in [3.05, 3.63) is 34.6 Å². The number of nitrogens with one attached hydrogen (secondary N) is 1. The highest BCUT2D eigenvalue weighted by Crippen LogP contribution is 2.31. The Bertz CT molecular complexity index is 444. The summed E-state index contributed by atoms with van der Waals surface area (Å²) in [6.07, 6.45) is -0.699. The molecule has 0 bridgehead atoms. The molecule has 100 valence electrons. The summed E-state index contributed by atoms with van der Waals surface area (Å²) in [6.45, 7) is 0.525. The number of hydrogen-bond donors (Lipinski definition) is 2. The zero-order chi connectivity index (χ0) is 13.4. The molecule has 2 N–H and O–H groups in total. The summed E-state index contributed by atoms with van der Waals surface area (Å²) in [5, 5.41) is 12.5. The van der Waals surface area contributed by atoms with Crippen molar-refractivity contribution >= 4 is 0 Å². The van der Waals surface area contributed by atoms with Gasteiger partial charge >= 0.3 is 0 Å². The van der Waals surface area contributed by atoms with Gasteiger partial charge in [0.1, 0.15) is 6.10 Å². The van der Waals surface area contributed by atoms with Crippen LogP contribution in [0.4, 0.5) is 22.0 Å². The molecule has 2 rings (SSSR count). The molecule has 0 unspecified atom stereocenters. The molecule has 2 nitrogen and oxygen atoms in total. The summed E-state index contributed by atoms with van der Waals surface area (Å²) in [5.74, 6) is -10.3. The summed E-state index contributed by atoms with van der Waals surface area (Å²) in [6, 6.07) is -0.710. The Morgan fingerprint density at radius 1 is 0.944 bits per heavy atom. The average molecular weight is 267 g/mol. The molecule has 18 heavy (non-hydrogen) atoms. The van der Waals surface area contributed by atoms with Crippen molar-refractivity contribution in [2.24, 2.45) is 0 Å². The van der Waals surface area contributed by atoms with E-state index in [1.165, 1.54) is 0 Å². The predicted molar refractivity (Wildman–Crippen MR) is 52.2 cm³/mol. The SMILES string of the molecule is O[C@H](c1c(F)c(F)c(F)c(F)c1F)[C@@H]1CCCN1. The fraction of sp³-hybridized carbons (Fsp3) is 0.455. The molecule has 1 saturated heterocycles. The van der Waals surface area contributed by atoms with Gasteiger partial charge in [-0.05, 0) is 19.4 Å². The van der Waals surface area contributed by atoms with Crippen LogP contribution in [0.25, 0.3) is 0 Å². The van der Waals surface area contributed by atoms with Gasteiger partial charge in [-0.3, -0.25) is 0 Å². The zero-order valence-corrected chi connectivity index (χ0v) is 9.11. The van der Waals surface area contributed by atoms with Crippen molar-refractivity contribution in [3.8, 4) is 0 Å². The summed E-state index contributed by atoms with van der Waals surface area (Å²) >= 11 is 0. The van der Waals surface area contributed by atoms with Crippen molar-refractivity contribution in [2.75, 3.05) is 6.54 Å². The number of halogens is 5. The molecular formula is C11H10F5NO. The summed E-state index contributed by atoms with van der Waals surface area (Å²) in [5.41, 5.74) is -1.18. The lowest BCUT2D eigenvalue weighted by Crippen LogP contribution is -2.30. The highest BCUT2D eigenvalue weighted by atomic mass is 19.2. The van der Waals surface area contributed by atoms with Gasteiger partial charge < -0.3 is 10.4 Å². The van der Waals surface area contributed by atoms with Crippen molar-refractivity contribution < 1.29 is 27.1 Å².